The summed E-state index contributed by atoms with van der Waals surface area (Å²) in [5.74, 6) is -1.13. The molecule has 26 heavy (non-hydrogen) atoms. The number of halogens is 3. The lowest BCUT2D eigenvalue weighted by Crippen LogP contribution is -2.13. The maximum absolute atomic E-state index is 13.0. The quantitative estimate of drug-likeness (QED) is 0.516. The van der Waals surface area contributed by atoms with Crippen molar-refractivity contribution in [1.29, 1.82) is 0 Å². The molecule has 0 bridgehead atoms. The summed E-state index contributed by atoms with van der Waals surface area (Å²) >= 11 is 0. The van der Waals surface area contributed by atoms with Crippen LogP contribution in [0.1, 0.15) is 22.5 Å². The first kappa shape index (κ1) is 17.6. The maximum Gasteiger partial charge on any atom is 0.453 e. The molecule has 11 heteroatoms. The van der Waals surface area contributed by atoms with Gasteiger partial charge in [0.1, 0.15) is 5.75 Å². The minimum absolute atomic E-state index is 0.0259. The van der Waals surface area contributed by atoms with Crippen LogP contribution in [0.4, 0.5) is 18.9 Å². The fourth-order valence-electron chi connectivity index (χ4n) is 2.38. The smallest absolute Gasteiger partial charge is 0.437 e. The summed E-state index contributed by atoms with van der Waals surface area (Å²) in [5.41, 5.74) is 1.14. The highest BCUT2D eigenvalue weighted by molar-refractivity contribution is 5.53. The van der Waals surface area contributed by atoms with E-state index in [-0.39, 0.29) is 23.0 Å². The van der Waals surface area contributed by atoms with Crippen LogP contribution in [0.3, 0.4) is 0 Å². The number of nitro benzene ring substituents is 1. The number of aromatic nitrogens is 4. The molecule has 0 saturated carbocycles. The molecule has 3 aromatic rings. The minimum atomic E-state index is -4.73. The Kier molecular flexibility index (Phi) is 4.01. The second kappa shape index (κ2) is 5.93. The van der Waals surface area contributed by atoms with E-state index in [1.165, 1.54) is 25.1 Å². The van der Waals surface area contributed by atoms with Crippen LogP contribution in [-0.4, -0.2) is 24.7 Å². The summed E-state index contributed by atoms with van der Waals surface area (Å²) in [5, 5.41) is 21.4. The molecule has 0 aliphatic heterocycles. The third kappa shape index (κ3) is 2.91. The number of fused-ring (bicyclic) bond motifs is 1. The van der Waals surface area contributed by atoms with Gasteiger partial charge in [0.05, 0.1) is 4.92 Å². The SMILES string of the molecule is Cc1cc(Oc2nn3c(C(F)(F)F)nnc3c(C)c2C)ccc1[N+](=O)[O-]. The van der Waals surface area contributed by atoms with Gasteiger partial charge in [0, 0.05) is 22.8 Å². The Morgan fingerprint density at radius 1 is 1.15 bits per heavy atom. The Balaban J connectivity index is 2.09. The maximum atomic E-state index is 13.0. The lowest BCUT2D eigenvalue weighted by Gasteiger charge is -2.12. The lowest BCUT2D eigenvalue weighted by molar-refractivity contribution is -0.385. The highest BCUT2D eigenvalue weighted by Crippen LogP contribution is 2.32. The number of alkyl halides is 3. The monoisotopic (exact) mass is 367 g/mol. The van der Waals surface area contributed by atoms with Crippen LogP contribution in [0.15, 0.2) is 18.2 Å². The topological polar surface area (TPSA) is 95.5 Å². The normalized spacial score (nSPS) is 11.8. The van der Waals surface area contributed by atoms with E-state index in [0.717, 1.165) is 0 Å². The molecule has 1 aromatic carbocycles. The number of benzene rings is 1. The molecule has 0 spiro atoms. The van der Waals surface area contributed by atoms with Crippen LogP contribution in [-0.2, 0) is 6.18 Å². The Morgan fingerprint density at radius 2 is 1.85 bits per heavy atom. The molecule has 136 valence electrons. The Hall–Kier alpha value is -3.24. The fourth-order valence-corrected chi connectivity index (χ4v) is 2.38. The number of nitro groups is 1. The van der Waals surface area contributed by atoms with Crippen LogP contribution in [0.2, 0.25) is 0 Å². The zero-order valence-electron chi connectivity index (χ0n) is 13.8. The minimum Gasteiger partial charge on any atom is -0.437 e. The molecule has 0 fully saturated rings. The number of aryl methyl sites for hydroxylation is 2. The van der Waals surface area contributed by atoms with E-state index in [1.807, 2.05) is 0 Å². The Morgan fingerprint density at radius 3 is 2.42 bits per heavy atom. The Labute approximate surface area is 144 Å². The third-order valence-corrected chi connectivity index (χ3v) is 3.88. The zero-order valence-corrected chi connectivity index (χ0v) is 13.8. The molecule has 0 atom stereocenters. The van der Waals surface area contributed by atoms with Gasteiger partial charge < -0.3 is 4.74 Å². The number of ether oxygens (including phenoxy) is 1. The summed E-state index contributed by atoms with van der Waals surface area (Å²) in [4.78, 5) is 10.3. The van der Waals surface area contributed by atoms with Crippen LogP contribution < -0.4 is 4.74 Å². The zero-order chi connectivity index (χ0) is 19.2. The Bertz CT molecular complexity index is 1030. The lowest BCUT2D eigenvalue weighted by atomic mass is 10.2. The molecular formula is C15H12F3N5O3. The third-order valence-electron chi connectivity index (χ3n) is 3.88. The molecule has 0 aliphatic carbocycles. The van der Waals surface area contributed by atoms with E-state index in [0.29, 0.717) is 21.2 Å². The van der Waals surface area contributed by atoms with E-state index in [1.54, 1.807) is 13.8 Å². The van der Waals surface area contributed by atoms with Gasteiger partial charge >= 0.3 is 6.18 Å². The molecule has 0 N–H and O–H groups in total. The van der Waals surface area contributed by atoms with Crippen molar-refractivity contribution in [3.05, 3.63) is 50.8 Å². The highest BCUT2D eigenvalue weighted by atomic mass is 19.4. The van der Waals surface area contributed by atoms with Crippen LogP contribution in [0, 0.1) is 30.9 Å². The largest absolute Gasteiger partial charge is 0.453 e. The van der Waals surface area contributed by atoms with E-state index in [9.17, 15) is 23.3 Å². The first-order chi connectivity index (χ1) is 12.1. The van der Waals surface area contributed by atoms with Gasteiger partial charge in [-0.05, 0) is 32.9 Å². The molecule has 0 radical (unpaired) electrons. The van der Waals surface area contributed by atoms with Crippen molar-refractivity contribution >= 4 is 11.3 Å². The van der Waals surface area contributed by atoms with E-state index in [2.05, 4.69) is 15.3 Å². The molecule has 0 aliphatic rings. The van der Waals surface area contributed by atoms with Crippen LogP contribution >= 0.6 is 0 Å². The van der Waals surface area contributed by atoms with Gasteiger partial charge in [0.15, 0.2) is 5.65 Å². The van der Waals surface area contributed by atoms with Crippen molar-refractivity contribution in [3.63, 3.8) is 0 Å². The van der Waals surface area contributed by atoms with E-state index >= 15 is 0 Å². The molecule has 3 rings (SSSR count). The van der Waals surface area contributed by atoms with Crippen LogP contribution in [0.5, 0.6) is 11.6 Å². The van der Waals surface area contributed by atoms with E-state index < -0.39 is 16.9 Å². The summed E-state index contributed by atoms with van der Waals surface area (Å²) < 4.78 is 45.3. The van der Waals surface area contributed by atoms with Gasteiger partial charge in [-0.1, -0.05) is 0 Å². The number of rotatable bonds is 3. The van der Waals surface area contributed by atoms with Gasteiger partial charge in [-0.2, -0.15) is 17.7 Å². The van der Waals surface area contributed by atoms with Gasteiger partial charge in [-0.25, -0.2) is 0 Å². The molecule has 2 heterocycles. The highest BCUT2D eigenvalue weighted by Gasteiger charge is 2.38. The second-order valence-electron chi connectivity index (χ2n) is 5.62. The summed E-state index contributed by atoms with van der Waals surface area (Å²) in [7, 11) is 0. The first-order valence-corrected chi connectivity index (χ1v) is 7.32. The second-order valence-corrected chi connectivity index (χ2v) is 5.62. The van der Waals surface area contributed by atoms with E-state index in [4.69, 9.17) is 4.74 Å². The summed E-state index contributed by atoms with van der Waals surface area (Å²) in [6.45, 7) is 4.73. The van der Waals surface area contributed by atoms with Crippen molar-refractivity contribution < 1.29 is 22.8 Å². The molecular weight excluding hydrogens is 355 g/mol. The van der Waals surface area contributed by atoms with Gasteiger partial charge in [0.25, 0.3) is 11.5 Å². The predicted molar refractivity (Wildman–Crippen MR) is 83.2 cm³/mol. The van der Waals surface area contributed by atoms with Crippen molar-refractivity contribution in [1.82, 2.24) is 19.8 Å². The fraction of sp³-hybridized carbons (Fsp3) is 0.267. The standard InChI is InChI=1S/C15H12F3N5O3/c1-7-6-10(4-5-11(7)23(24)25)26-13-9(3)8(2)12-19-20-14(15(16,17)18)22(12)21-13/h4-6H,1-3H3. The summed E-state index contributed by atoms with van der Waals surface area (Å²) in [6, 6.07) is 4.02. The van der Waals surface area contributed by atoms with Gasteiger partial charge in [-0.3, -0.25) is 10.1 Å². The van der Waals surface area contributed by atoms with Gasteiger partial charge in [-0.15, -0.1) is 15.3 Å². The molecule has 8 nitrogen and oxygen atoms in total. The first-order valence-electron chi connectivity index (χ1n) is 7.32. The average molecular weight is 367 g/mol. The molecule has 0 unspecified atom stereocenters. The number of nitrogens with zero attached hydrogens (tertiary/aromatic N) is 5. The predicted octanol–water partition coefficient (Wildman–Crippen LogP) is 3.77. The average Bonchev–Trinajstić information content (AvgIpc) is 2.96. The van der Waals surface area contributed by atoms with Crippen molar-refractivity contribution in [3.8, 4) is 11.6 Å². The van der Waals surface area contributed by atoms with Gasteiger partial charge in [0.2, 0.25) is 5.88 Å². The van der Waals surface area contributed by atoms with Crippen molar-refractivity contribution in [2.75, 3.05) is 0 Å². The van der Waals surface area contributed by atoms with Crippen molar-refractivity contribution in [2.45, 2.75) is 26.9 Å². The molecule has 0 saturated heterocycles. The van der Waals surface area contributed by atoms with Crippen LogP contribution in [0.25, 0.3) is 5.65 Å². The summed E-state index contributed by atoms with van der Waals surface area (Å²) in [6.07, 6.45) is -4.73. The molecule has 2 aromatic heterocycles. The number of hydrogen-bond acceptors (Lipinski definition) is 6. The van der Waals surface area contributed by atoms with Crippen molar-refractivity contribution in [2.24, 2.45) is 0 Å². The molecule has 0 amide bonds. The number of hydrogen-bond donors (Lipinski definition) is 0.